The quantitative estimate of drug-likeness (QED) is 0.584. The van der Waals surface area contributed by atoms with E-state index in [1.54, 1.807) is 12.1 Å². The average Bonchev–Trinajstić information content (AvgIpc) is 3.11. The second-order valence-corrected chi connectivity index (χ2v) is 10.6. The van der Waals surface area contributed by atoms with E-state index >= 15 is 0 Å². The second kappa shape index (κ2) is 7.82. The summed E-state index contributed by atoms with van der Waals surface area (Å²) in [5.41, 5.74) is 2.06. The fourth-order valence-corrected chi connectivity index (χ4v) is 6.79. The van der Waals surface area contributed by atoms with Gasteiger partial charge in [-0.25, -0.2) is 0 Å². The van der Waals surface area contributed by atoms with Gasteiger partial charge in [0.1, 0.15) is 4.90 Å². The Morgan fingerprint density at radius 2 is 1.76 bits per heavy atom. The van der Waals surface area contributed by atoms with Crippen LogP contribution < -0.4 is 8.92 Å². The van der Waals surface area contributed by atoms with E-state index < -0.39 is 10.1 Å². The molecule has 0 radical (unpaired) electrons. The summed E-state index contributed by atoms with van der Waals surface area (Å²) in [4.78, 5) is 0.109. The van der Waals surface area contributed by atoms with Crippen LogP contribution in [0.3, 0.4) is 0 Å². The van der Waals surface area contributed by atoms with Crippen LogP contribution in [0, 0.1) is 6.92 Å². The molecule has 0 amide bonds. The van der Waals surface area contributed by atoms with Crippen molar-refractivity contribution in [2.45, 2.75) is 16.4 Å². The normalized spacial score (nSPS) is 15.3. The van der Waals surface area contributed by atoms with Crippen LogP contribution in [0.5, 0.6) is 11.5 Å². The number of thioether (sulfide) groups is 2. The van der Waals surface area contributed by atoms with Gasteiger partial charge in [-0.2, -0.15) is 8.42 Å². The topological polar surface area (TPSA) is 52.6 Å². The highest BCUT2D eigenvalue weighted by atomic mass is 79.9. The van der Waals surface area contributed by atoms with Crippen molar-refractivity contribution in [1.29, 1.82) is 0 Å². The molecule has 0 saturated carbocycles. The number of aryl methyl sites for hydroxylation is 1. The van der Waals surface area contributed by atoms with Gasteiger partial charge in [-0.15, -0.1) is 23.5 Å². The van der Waals surface area contributed by atoms with E-state index in [4.69, 9.17) is 8.92 Å². The minimum absolute atomic E-state index is 0.109. The molecule has 25 heavy (non-hydrogen) atoms. The summed E-state index contributed by atoms with van der Waals surface area (Å²) >= 11 is 7.17. The lowest BCUT2D eigenvalue weighted by atomic mass is 10.2. The first kappa shape index (κ1) is 18.9. The molecule has 0 bridgehead atoms. The van der Waals surface area contributed by atoms with Crippen molar-refractivity contribution in [3.8, 4) is 11.5 Å². The van der Waals surface area contributed by atoms with Gasteiger partial charge in [0.25, 0.3) is 0 Å². The van der Waals surface area contributed by atoms with Crippen LogP contribution in [0.1, 0.15) is 15.7 Å². The Morgan fingerprint density at radius 3 is 2.36 bits per heavy atom. The number of halogens is 1. The summed E-state index contributed by atoms with van der Waals surface area (Å²) in [7, 11) is -2.43. The van der Waals surface area contributed by atoms with Crippen LogP contribution in [-0.2, 0) is 10.1 Å². The van der Waals surface area contributed by atoms with Gasteiger partial charge < -0.3 is 8.92 Å². The van der Waals surface area contributed by atoms with Gasteiger partial charge in [-0.3, -0.25) is 0 Å². The lowest BCUT2D eigenvalue weighted by molar-refractivity contribution is 0.389. The van der Waals surface area contributed by atoms with Gasteiger partial charge in [-0.05, 0) is 52.7 Å². The fraction of sp³-hybridized carbons (Fsp3) is 0.294. The van der Waals surface area contributed by atoms with E-state index in [-0.39, 0.29) is 10.6 Å². The van der Waals surface area contributed by atoms with Crippen LogP contribution in [0.2, 0.25) is 0 Å². The zero-order valence-electron chi connectivity index (χ0n) is 13.7. The molecule has 1 aliphatic heterocycles. The van der Waals surface area contributed by atoms with Crippen molar-refractivity contribution in [3.63, 3.8) is 0 Å². The standard InChI is InChI=1S/C17H17BrO4S3/c1-11-3-5-13(6-4-11)25(19,20)22-16-14(18)9-12(10-15(16)21-2)17-23-7-8-24-17/h3-6,9-10,17H,7-8H2,1-2H3. The molecule has 1 saturated heterocycles. The van der Waals surface area contributed by atoms with Crippen LogP contribution in [0.25, 0.3) is 0 Å². The molecule has 134 valence electrons. The third kappa shape index (κ3) is 4.30. The first-order valence-electron chi connectivity index (χ1n) is 7.52. The highest BCUT2D eigenvalue weighted by Crippen LogP contribution is 2.49. The minimum Gasteiger partial charge on any atom is -0.493 e. The number of methoxy groups -OCH3 is 1. The molecular weight excluding hydrogens is 444 g/mol. The molecule has 0 spiro atoms. The van der Waals surface area contributed by atoms with Gasteiger partial charge >= 0.3 is 10.1 Å². The average molecular weight is 461 g/mol. The van der Waals surface area contributed by atoms with Crippen molar-refractivity contribution in [2.24, 2.45) is 0 Å². The molecule has 0 aromatic heterocycles. The highest BCUT2D eigenvalue weighted by Gasteiger charge is 2.25. The lowest BCUT2D eigenvalue weighted by Crippen LogP contribution is -2.11. The number of ether oxygens (including phenoxy) is 1. The number of hydrogen-bond acceptors (Lipinski definition) is 6. The zero-order valence-corrected chi connectivity index (χ0v) is 17.7. The first-order chi connectivity index (χ1) is 11.9. The van der Waals surface area contributed by atoms with Gasteiger partial charge in [0, 0.05) is 11.5 Å². The smallest absolute Gasteiger partial charge is 0.339 e. The Bertz CT molecular complexity index is 860. The summed E-state index contributed by atoms with van der Waals surface area (Å²) < 4.78 is 36.8. The maximum atomic E-state index is 12.6. The van der Waals surface area contributed by atoms with Crippen molar-refractivity contribution in [2.75, 3.05) is 18.6 Å². The molecule has 0 atom stereocenters. The summed E-state index contributed by atoms with van der Waals surface area (Å²) in [5, 5.41) is 0. The van der Waals surface area contributed by atoms with Crippen molar-refractivity contribution in [1.82, 2.24) is 0 Å². The van der Waals surface area contributed by atoms with Gasteiger partial charge in [0.15, 0.2) is 11.5 Å². The molecule has 2 aromatic carbocycles. The van der Waals surface area contributed by atoms with E-state index in [1.807, 2.05) is 42.6 Å². The zero-order chi connectivity index (χ0) is 18.0. The maximum absolute atomic E-state index is 12.6. The Hall–Kier alpha value is -0.830. The van der Waals surface area contributed by atoms with Gasteiger partial charge in [0.05, 0.1) is 16.2 Å². The summed E-state index contributed by atoms with van der Waals surface area (Å²) in [6.45, 7) is 1.90. The maximum Gasteiger partial charge on any atom is 0.339 e. The molecule has 0 aliphatic carbocycles. The van der Waals surface area contributed by atoms with Gasteiger partial charge in [-0.1, -0.05) is 17.7 Å². The summed E-state index contributed by atoms with van der Waals surface area (Å²) in [5.74, 6) is 2.78. The third-order valence-electron chi connectivity index (χ3n) is 3.65. The van der Waals surface area contributed by atoms with E-state index in [2.05, 4.69) is 15.9 Å². The number of hydrogen-bond donors (Lipinski definition) is 0. The molecule has 3 rings (SSSR count). The van der Waals surface area contributed by atoms with Crippen LogP contribution in [0.15, 0.2) is 45.8 Å². The van der Waals surface area contributed by atoms with Gasteiger partial charge in [0.2, 0.25) is 0 Å². The van der Waals surface area contributed by atoms with E-state index in [9.17, 15) is 8.42 Å². The number of benzene rings is 2. The molecule has 0 N–H and O–H groups in total. The predicted molar refractivity (Wildman–Crippen MR) is 107 cm³/mol. The Labute approximate surface area is 164 Å². The minimum atomic E-state index is -3.94. The van der Waals surface area contributed by atoms with E-state index in [0.29, 0.717) is 14.8 Å². The monoisotopic (exact) mass is 460 g/mol. The Balaban J connectivity index is 1.94. The predicted octanol–water partition coefficient (Wildman–Crippen LogP) is 5.01. The molecule has 4 nitrogen and oxygen atoms in total. The summed E-state index contributed by atoms with van der Waals surface area (Å²) in [6.07, 6.45) is 0. The molecule has 1 fully saturated rings. The third-order valence-corrected chi connectivity index (χ3v) is 8.58. The molecule has 2 aromatic rings. The first-order valence-corrected chi connectivity index (χ1v) is 11.8. The van der Waals surface area contributed by atoms with Crippen LogP contribution in [0.4, 0.5) is 0 Å². The molecular formula is C17H17BrO4S3. The largest absolute Gasteiger partial charge is 0.493 e. The Kier molecular flexibility index (Phi) is 5.92. The van der Waals surface area contributed by atoms with Crippen molar-refractivity contribution in [3.05, 3.63) is 52.0 Å². The van der Waals surface area contributed by atoms with Crippen LogP contribution >= 0.6 is 39.5 Å². The molecule has 8 heteroatoms. The second-order valence-electron chi connectivity index (χ2n) is 5.46. The van der Waals surface area contributed by atoms with E-state index in [0.717, 1.165) is 22.6 Å². The summed E-state index contributed by atoms with van der Waals surface area (Å²) in [6, 6.07) is 10.3. The lowest BCUT2D eigenvalue weighted by Gasteiger charge is -2.16. The fourth-order valence-electron chi connectivity index (χ4n) is 2.37. The highest BCUT2D eigenvalue weighted by molar-refractivity contribution is 9.10. The molecule has 1 aliphatic rings. The molecule has 1 heterocycles. The SMILES string of the molecule is COc1cc(C2SCCS2)cc(Br)c1OS(=O)(=O)c1ccc(C)cc1. The van der Waals surface area contributed by atoms with Crippen LogP contribution in [-0.4, -0.2) is 27.0 Å². The number of rotatable bonds is 5. The van der Waals surface area contributed by atoms with E-state index in [1.165, 1.54) is 19.2 Å². The Morgan fingerprint density at radius 1 is 1.12 bits per heavy atom. The van der Waals surface area contributed by atoms with Crippen molar-refractivity contribution < 1.29 is 17.3 Å². The molecule has 0 unspecified atom stereocenters. The van der Waals surface area contributed by atoms with Crippen molar-refractivity contribution >= 4 is 49.6 Å².